The van der Waals surface area contributed by atoms with Crippen molar-refractivity contribution in [2.75, 3.05) is 0 Å². The van der Waals surface area contributed by atoms with Gasteiger partial charge in [0.25, 0.3) is 0 Å². The lowest BCUT2D eigenvalue weighted by atomic mass is 9.89. The van der Waals surface area contributed by atoms with E-state index in [-0.39, 0.29) is 0 Å². The van der Waals surface area contributed by atoms with E-state index in [2.05, 4.69) is 63.2 Å². The van der Waals surface area contributed by atoms with Gasteiger partial charge in [-0.05, 0) is 41.0 Å². The van der Waals surface area contributed by atoms with Crippen molar-refractivity contribution in [3.05, 3.63) is 48.0 Å². The van der Waals surface area contributed by atoms with Crippen molar-refractivity contribution in [1.82, 2.24) is 0 Å². The van der Waals surface area contributed by atoms with E-state index in [4.69, 9.17) is 0 Å². The Morgan fingerprint density at radius 1 is 0.833 bits per heavy atom. The minimum atomic E-state index is 0.476. The van der Waals surface area contributed by atoms with E-state index >= 15 is 0 Å². The summed E-state index contributed by atoms with van der Waals surface area (Å²) < 4.78 is 0. The smallest absolute Gasteiger partial charge is 0.0181 e. The van der Waals surface area contributed by atoms with Crippen molar-refractivity contribution in [3.63, 3.8) is 0 Å². The SMILES string of the molecule is CC(C)(C)CCCCc1ccc2ccccc2c1. The lowest BCUT2D eigenvalue weighted by Gasteiger charge is -2.17. The lowest BCUT2D eigenvalue weighted by Crippen LogP contribution is -2.04. The van der Waals surface area contributed by atoms with Crippen LogP contribution in [-0.4, -0.2) is 0 Å². The summed E-state index contributed by atoms with van der Waals surface area (Å²) in [5.74, 6) is 0. The molecule has 0 N–H and O–H groups in total. The molecular weight excluding hydrogens is 216 g/mol. The minimum absolute atomic E-state index is 0.476. The summed E-state index contributed by atoms with van der Waals surface area (Å²) >= 11 is 0. The molecule has 0 aliphatic rings. The van der Waals surface area contributed by atoms with Crippen LogP contribution in [0.25, 0.3) is 10.8 Å². The molecule has 0 aromatic heterocycles. The van der Waals surface area contributed by atoms with E-state index in [0.29, 0.717) is 5.41 Å². The summed E-state index contributed by atoms with van der Waals surface area (Å²) in [7, 11) is 0. The first-order chi connectivity index (χ1) is 8.54. The van der Waals surface area contributed by atoms with Crippen LogP contribution in [-0.2, 0) is 6.42 Å². The molecule has 0 saturated heterocycles. The van der Waals surface area contributed by atoms with Crippen molar-refractivity contribution in [3.8, 4) is 0 Å². The summed E-state index contributed by atoms with van der Waals surface area (Å²) in [5, 5.41) is 2.71. The van der Waals surface area contributed by atoms with Crippen LogP contribution in [0.1, 0.15) is 45.6 Å². The molecule has 0 aliphatic carbocycles. The fraction of sp³-hybridized carbons (Fsp3) is 0.444. The Labute approximate surface area is 111 Å². The third-order valence-corrected chi connectivity index (χ3v) is 3.46. The first kappa shape index (κ1) is 13.1. The van der Waals surface area contributed by atoms with Crippen LogP contribution in [0.5, 0.6) is 0 Å². The maximum Gasteiger partial charge on any atom is -0.0181 e. The zero-order valence-electron chi connectivity index (χ0n) is 11.9. The first-order valence-electron chi connectivity index (χ1n) is 7.02. The van der Waals surface area contributed by atoms with Gasteiger partial charge in [-0.25, -0.2) is 0 Å². The maximum absolute atomic E-state index is 2.34. The van der Waals surface area contributed by atoms with Crippen molar-refractivity contribution in [2.45, 2.75) is 46.5 Å². The van der Waals surface area contributed by atoms with Crippen LogP contribution in [0.2, 0.25) is 0 Å². The van der Waals surface area contributed by atoms with Gasteiger partial charge in [0.2, 0.25) is 0 Å². The zero-order valence-corrected chi connectivity index (χ0v) is 11.9. The molecule has 2 rings (SSSR count). The van der Waals surface area contributed by atoms with Crippen LogP contribution in [0.3, 0.4) is 0 Å². The second kappa shape index (κ2) is 5.56. The van der Waals surface area contributed by atoms with Gasteiger partial charge in [0.1, 0.15) is 0 Å². The van der Waals surface area contributed by atoms with Crippen LogP contribution in [0.15, 0.2) is 42.5 Å². The van der Waals surface area contributed by atoms with Crippen LogP contribution in [0.4, 0.5) is 0 Å². The number of unbranched alkanes of at least 4 members (excludes halogenated alkanes) is 1. The number of fused-ring (bicyclic) bond motifs is 1. The van der Waals surface area contributed by atoms with Crippen molar-refractivity contribution >= 4 is 10.8 Å². The molecule has 0 unspecified atom stereocenters. The summed E-state index contributed by atoms with van der Waals surface area (Å²) in [4.78, 5) is 0. The highest BCUT2D eigenvalue weighted by atomic mass is 14.1. The van der Waals surface area contributed by atoms with Gasteiger partial charge in [-0.15, -0.1) is 0 Å². The van der Waals surface area contributed by atoms with Gasteiger partial charge in [-0.2, -0.15) is 0 Å². The van der Waals surface area contributed by atoms with E-state index in [1.54, 1.807) is 0 Å². The molecule has 18 heavy (non-hydrogen) atoms. The van der Waals surface area contributed by atoms with Gasteiger partial charge < -0.3 is 0 Å². The molecule has 2 aromatic carbocycles. The van der Waals surface area contributed by atoms with E-state index in [9.17, 15) is 0 Å². The topological polar surface area (TPSA) is 0 Å². The molecule has 0 radical (unpaired) electrons. The Bertz CT molecular complexity index is 503. The van der Waals surface area contributed by atoms with E-state index in [1.165, 1.54) is 42.0 Å². The zero-order chi connectivity index (χ0) is 13.0. The monoisotopic (exact) mass is 240 g/mol. The third-order valence-electron chi connectivity index (χ3n) is 3.46. The Morgan fingerprint density at radius 2 is 1.56 bits per heavy atom. The molecule has 0 bridgehead atoms. The van der Waals surface area contributed by atoms with Crippen molar-refractivity contribution < 1.29 is 0 Å². The molecular formula is C18H24. The molecule has 0 heterocycles. The number of rotatable bonds is 4. The van der Waals surface area contributed by atoms with Gasteiger partial charge in [0.15, 0.2) is 0 Å². The Kier molecular flexibility index (Phi) is 4.06. The number of hydrogen-bond donors (Lipinski definition) is 0. The van der Waals surface area contributed by atoms with E-state index < -0.39 is 0 Å². The molecule has 0 nitrogen and oxygen atoms in total. The molecule has 0 amide bonds. The van der Waals surface area contributed by atoms with Crippen LogP contribution < -0.4 is 0 Å². The van der Waals surface area contributed by atoms with Gasteiger partial charge in [-0.3, -0.25) is 0 Å². The van der Waals surface area contributed by atoms with Crippen LogP contribution >= 0.6 is 0 Å². The van der Waals surface area contributed by atoms with E-state index in [1.807, 2.05) is 0 Å². The fourth-order valence-corrected chi connectivity index (χ4v) is 2.38. The number of benzene rings is 2. The molecule has 0 aliphatic heterocycles. The van der Waals surface area contributed by atoms with E-state index in [0.717, 1.165) is 0 Å². The minimum Gasteiger partial charge on any atom is -0.0616 e. The Balaban J connectivity index is 1.92. The summed E-state index contributed by atoms with van der Waals surface area (Å²) in [6.45, 7) is 6.97. The molecule has 0 heteroatoms. The summed E-state index contributed by atoms with van der Waals surface area (Å²) in [6.07, 6.45) is 5.16. The predicted molar refractivity (Wildman–Crippen MR) is 81.0 cm³/mol. The largest absolute Gasteiger partial charge is 0.0616 e. The Hall–Kier alpha value is -1.30. The average molecular weight is 240 g/mol. The van der Waals surface area contributed by atoms with Gasteiger partial charge >= 0.3 is 0 Å². The third kappa shape index (κ3) is 3.87. The quantitative estimate of drug-likeness (QED) is 0.610. The molecule has 0 spiro atoms. The first-order valence-corrected chi connectivity index (χ1v) is 7.02. The normalized spacial score (nSPS) is 11.9. The predicted octanol–water partition coefficient (Wildman–Crippen LogP) is 5.60. The number of aryl methyl sites for hydroxylation is 1. The average Bonchev–Trinajstić information content (AvgIpc) is 2.33. The molecule has 2 aromatic rings. The molecule has 96 valence electrons. The van der Waals surface area contributed by atoms with Gasteiger partial charge in [0, 0.05) is 0 Å². The van der Waals surface area contributed by atoms with Crippen molar-refractivity contribution in [1.29, 1.82) is 0 Å². The fourth-order valence-electron chi connectivity index (χ4n) is 2.38. The highest BCUT2D eigenvalue weighted by Gasteiger charge is 2.08. The number of hydrogen-bond acceptors (Lipinski definition) is 0. The van der Waals surface area contributed by atoms with Gasteiger partial charge in [0.05, 0.1) is 0 Å². The second-order valence-corrected chi connectivity index (χ2v) is 6.45. The van der Waals surface area contributed by atoms with Crippen LogP contribution in [0, 0.1) is 5.41 Å². The molecule has 0 saturated carbocycles. The molecule has 0 fully saturated rings. The summed E-state index contributed by atoms with van der Waals surface area (Å²) in [6, 6.07) is 15.5. The van der Waals surface area contributed by atoms with Gasteiger partial charge in [-0.1, -0.05) is 69.7 Å². The maximum atomic E-state index is 2.34. The Morgan fingerprint density at radius 3 is 2.28 bits per heavy atom. The van der Waals surface area contributed by atoms with Crippen molar-refractivity contribution in [2.24, 2.45) is 5.41 Å². The summed E-state index contributed by atoms with van der Waals surface area (Å²) in [5.41, 5.74) is 1.95. The second-order valence-electron chi connectivity index (χ2n) is 6.45. The standard InChI is InChI=1S/C18H24/c1-18(2,3)13-7-6-8-15-11-12-16-9-4-5-10-17(16)14-15/h4-5,9-12,14H,6-8,13H2,1-3H3. The highest BCUT2D eigenvalue weighted by Crippen LogP contribution is 2.23. The molecule has 0 atom stereocenters. The highest BCUT2D eigenvalue weighted by molar-refractivity contribution is 5.82. The lowest BCUT2D eigenvalue weighted by molar-refractivity contribution is 0.360.